The number of Topliss-reactive ketones (excluding diaryl/α,β-unsaturated/α-hetero) is 1. The number of benzene rings is 2. The summed E-state index contributed by atoms with van der Waals surface area (Å²) in [6.07, 6.45) is 3.13. The molecular weight excluding hydrogens is 420 g/mol. The second kappa shape index (κ2) is 9.16. The molecule has 1 fully saturated rings. The topological polar surface area (TPSA) is 89.0 Å². The van der Waals surface area contributed by atoms with Crippen LogP contribution in [0, 0.1) is 0 Å². The standard InChI is InChI=1S/C26H24N2O5/c1-16(2)33-21-8-4-6-17(14-21)24(29)22-23(18-7-5-13-27-15-18)28(26(31)25(22)30)19-9-11-20(32-3)12-10-19/h4-16,23,29H,1-3H3/b24-22-. The lowest BCUT2D eigenvalue weighted by Gasteiger charge is -2.25. The van der Waals surface area contributed by atoms with Crippen molar-refractivity contribution in [2.24, 2.45) is 0 Å². The minimum atomic E-state index is -0.846. The van der Waals surface area contributed by atoms with Crippen LogP contribution < -0.4 is 14.4 Å². The maximum Gasteiger partial charge on any atom is 0.300 e. The summed E-state index contributed by atoms with van der Waals surface area (Å²) in [6.45, 7) is 3.80. The quantitative estimate of drug-likeness (QED) is 0.342. The van der Waals surface area contributed by atoms with Crippen LogP contribution in [0.3, 0.4) is 0 Å². The summed E-state index contributed by atoms with van der Waals surface area (Å²) in [7, 11) is 1.55. The molecule has 0 spiro atoms. The number of aliphatic hydroxyl groups excluding tert-OH is 1. The number of ketones is 1. The molecule has 1 unspecified atom stereocenters. The number of pyridine rings is 1. The van der Waals surface area contributed by atoms with E-state index in [1.54, 1.807) is 80.2 Å². The summed E-state index contributed by atoms with van der Waals surface area (Å²) in [5.74, 6) is -0.600. The van der Waals surface area contributed by atoms with E-state index in [9.17, 15) is 14.7 Å². The maximum atomic E-state index is 13.2. The van der Waals surface area contributed by atoms with Gasteiger partial charge in [-0.3, -0.25) is 19.5 Å². The number of ether oxygens (including phenoxy) is 2. The number of amides is 1. The number of hydrogen-bond donors (Lipinski definition) is 1. The molecule has 0 radical (unpaired) electrons. The zero-order valence-electron chi connectivity index (χ0n) is 18.6. The molecule has 1 atom stereocenters. The van der Waals surface area contributed by atoms with Crippen LogP contribution in [0.4, 0.5) is 5.69 Å². The van der Waals surface area contributed by atoms with Crippen molar-refractivity contribution >= 4 is 23.1 Å². The Morgan fingerprint density at radius 2 is 1.79 bits per heavy atom. The second-order valence-corrected chi connectivity index (χ2v) is 7.85. The number of methoxy groups -OCH3 is 1. The zero-order valence-corrected chi connectivity index (χ0v) is 18.6. The molecule has 168 valence electrons. The second-order valence-electron chi connectivity index (χ2n) is 7.85. The van der Waals surface area contributed by atoms with Gasteiger partial charge >= 0.3 is 0 Å². The molecule has 33 heavy (non-hydrogen) atoms. The molecule has 1 aromatic heterocycles. The van der Waals surface area contributed by atoms with E-state index in [-0.39, 0.29) is 17.4 Å². The van der Waals surface area contributed by atoms with E-state index in [0.29, 0.717) is 28.3 Å². The minimum Gasteiger partial charge on any atom is -0.507 e. The SMILES string of the molecule is COc1ccc(N2C(=O)C(=O)/C(=C(\O)c3cccc(OC(C)C)c3)C2c2cccnc2)cc1. The summed E-state index contributed by atoms with van der Waals surface area (Å²) in [5, 5.41) is 11.2. The maximum absolute atomic E-state index is 13.2. The number of anilines is 1. The van der Waals surface area contributed by atoms with Crippen molar-refractivity contribution in [3.63, 3.8) is 0 Å². The van der Waals surface area contributed by atoms with E-state index in [2.05, 4.69) is 4.98 Å². The Kier molecular flexibility index (Phi) is 6.13. The molecule has 4 rings (SSSR count). The summed E-state index contributed by atoms with van der Waals surface area (Å²) in [6, 6.07) is 16.3. The van der Waals surface area contributed by atoms with Gasteiger partial charge in [0.05, 0.1) is 24.8 Å². The molecule has 7 nitrogen and oxygen atoms in total. The highest BCUT2D eigenvalue weighted by Gasteiger charge is 2.47. The fourth-order valence-corrected chi connectivity index (χ4v) is 3.84. The number of hydrogen-bond acceptors (Lipinski definition) is 6. The summed E-state index contributed by atoms with van der Waals surface area (Å²) in [4.78, 5) is 31.9. The fraction of sp³-hybridized carbons (Fsp3) is 0.192. The van der Waals surface area contributed by atoms with Crippen LogP contribution in [0.15, 0.2) is 78.6 Å². The normalized spacial score (nSPS) is 17.5. The van der Waals surface area contributed by atoms with Gasteiger partial charge in [0, 0.05) is 23.6 Å². The van der Waals surface area contributed by atoms with Gasteiger partial charge in [-0.2, -0.15) is 0 Å². The first-order chi connectivity index (χ1) is 15.9. The van der Waals surface area contributed by atoms with Crippen molar-refractivity contribution in [2.75, 3.05) is 12.0 Å². The number of aromatic nitrogens is 1. The Labute approximate surface area is 191 Å². The molecule has 1 aliphatic rings. The zero-order chi connectivity index (χ0) is 23.5. The molecule has 3 aromatic rings. The molecule has 1 N–H and O–H groups in total. The molecule has 0 bridgehead atoms. The van der Waals surface area contributed by atoms with Crippen LogP contribution in [0.1, 0.15) is 31.0 Å². The third kappa shape index (κ3) is 4.30. The Morgan fingerprint density at radius 3 is 2.42 bits per heavy atom. The summed E-state index contributed by atoms with van der Waals surface area (Å²) in [5.41, 5.74) is 1.48. The van der Waals surface area contributed by atoms with Gasteiger partial charge in [0.1, 0.15) is 17.3 Å². The number of nitrogens with zero attached hydrogens (tertiary/aromatic N) is 2. The molecule has 1 saturated heterocycles. The largest absolute Gasteiger partial charge is 0.507 e. The van der Waals surface area contributed by atoms with Gasteiger partial charge < -0.3 is 14.6 Å². The highest BCUT2D eigenvalue weighted by Crippen LogP contribution is 2.42. The Bertz CT molecular complexity index is 1200. The molecule has 0 saturated carbocycles. The highest BCUT2D eigenvalue weighted by molar-refractivity contribution is 6.51. The third-order valence-corrected chi connectivity index (χ3v) is 5.27. The van der Waals surface area contributed by atoms with E-state index in [4.69, 9.17) is 9.47 Å². The van der Waals surface area contributed by atoms with Crippen LogP contribution in [0.2, 0.25) is 0 Å². The summed E-state index contributed by atoms with van der Waals surface area (Å²) >= 11 is 0. The van der Waals surface area contributed by atoms with Crippen LogP contribution in [0.5, 0.6) is 11.5 Å². The molecule has 2 heterocycles. The molecule has 1 aliphatic heterocycles. The third-order valence-electron chi connectivity index (χ3n) is 5.27. The predicted molar refractivity (Wildman–Crippen MR) is 124 cm³/mol. The lowest BCUT2D eigenvalue weighted by atomic mass is 9.96. The molecule has 1 amide bonds. The Balaban J connectivity index is 1.87. The van der Waals surface area contributed by atoms with Gasteiger partial charge in [0.2, 0.25) is 0 Å². The van der Waals surface area contributed by atoms with Gasteiger partial charge in [0.15, 0.2) is 0 Å². The van der Waals surface area contributed by atoms with E-state index in [1.807, 2.05) is 13.8 Å². The van der Waals surface area contributed by atoms with Crippen molar-refractivity contribution in [2.45, 2.75) is 26.0 Å². The van der Waals surface area contributed by atoms with Crippen LogP contribution in [0.25, 0.3) is 5.76 Å². The van der Waals surface area contributed by atoms with Crippen molar-refractivity contribution in [1.82, 2.24) is 4.98 Å². The average molecular weight is 444 g/mol. The predicted octanol–water partition coefficient (Wildman–Crippen LogP) is 4.50. The van der Waals surface area contributed by atoms with Gasteiger partial charge in [0.25, 0.3) is 11.7 Å². The first-order valence-corrected chi connectivity index (χ1v) is 10.5. The first kappa shape index (κ1) is 22.1. The lowest BCUT2D eigenvalue weighted by molar-refractivity contribution is -0.132. The number of carbonyl (C=O) groups is 2. The molecule has 0 aliphatic carbocycles. The lowest BCUT2D eigenvalue weighted by Crippen LogP contribution is -2.29. The first-order valence-electron chi connectivity index (χ1n) is 10.5. The van der Waals surface area contributed by atoms with E-state index >= 15 is 0 Å². The number of rotatable bonds is 6. The van der Waals surface area contributed by atoms with Gasteiger partial charge in [-0.15, -0.1) is 0 Å². The van der Waals surface area contributed by atoms with E-state index in [0.717, 1.165) is 0 Å². The molecular formula is C26H24N2O5. The van der Waals surface area contributed by atoms with Crippen LogP contribution >= 0.6 is 0 Å². The van der Waals surface area contributed by atoms with Gasteiger partial charge in [-0.05, 0) is 61.9 Å². The summed E-state index contributed by atoms with van der Waals surface area (Å²) < 4.78 is 10.9. The minimum absolute atomic E-state index is 0.00878. The number of aliphatic hydroxyl groups is 1. The monoisotopic (exact) mass is 444 g/mol. The van der Waals surface area contributed by atoms with E-state index < -0.39 is 17.7 Å². The Hall–Kier alpha value is -4.13. The number of carbonyl (C=O) groups excluding carboxylic acids is 2. The van der Waals surface area contributed by atoms with Crippen molar-refractivity contribution in [3.8, 4) is 11.5 Å². The van der Waals surface area contributed by atoms with Crippen molar-refractivity contribution in [1.29, 1.82) is 0 Å². The van der Waals surface area contributed by atoms with Crippen molar-refractivity contribution in [3.05, 3.63) is 89.8 Å². The van der Waals surface area contributed by atoms with E-state index in [1.165, 1.54) is 4.90 Å². The van der Waals surface area contributed by atoms with Gasteiger partial charge in [-0.25, -0.2) is 0 Å². The van der Waals surface area contributed by atoms with Crippen molar-refractivity contribution < 1.29 is 24.2 Å². The molecule has 7 heteroatoms. The van der Waals surface area contributed by atoms with Gasteiger partial charge in [-0.1, -0.05) is 18.2 Å². The van der Waals surface area contributed by atoms with Crippen LogP contribution in [-0.4, -0.2) is 35.0 Å². The smallest absolute Gasteiger partial charge is 0.300 e. The van der Waals surface area contributed by atoms with Crippen LogP contribution in [-0.2, 0) is 9.59 Å². The molecule has 2 aromatic carbocycles. The highest BCUT2D eigenvalue weighted by atomic mass is 16.5. The average Bonchev–Trinajstić information content (AvgIpc) is 3.09. The Morgan fingerprint density at radius 1 is 1.03 bits per heavy atom. The fourth-order valence-electron chi connectivity index (χ4n) is 3.84.